The highest BCUT2D eigenvalue weighted by molar-refractivity contribution is 6.34. The summed E-state index contributed by atoms with van der Waals surface area (Å²) in [7, 11) is 0. The highest BCUT2D eigenvalue weighted by atomic mass is 35.5. The molecule has 4 heteroatoms. The molecule has 0 saturated heterocycles. The Balaban J connectivity index is 1.88. The normalized spacial score (nSPS) is 22.0. The lowest BCUT2D eigenvalue weighted by atomic mass is 9.88. The van der Waals surface area contributed by atoms with Gasteiger partial charge < -0.3 is 0 Å². The standard InChI is InChI=1S/C15H20Cl2N2/c16-13-12(10-6-4-5-7-10)14(17)19-15(18-13)11-8-2-1-3-9-11/h10-11H,1-9H2. The van der Waals surface area contributed by atoms with Crippen molar-refractivity contribution < 1.29 is 0 Å². The van der Waals surface area contributed by atoms with E-state index < -0.39 is 0 Å². The second-order valence-corrected chi connectivity index (χ2v) is 6.61. The molecular weight excluding hydrogens is 279 g/mol. The van der Waals surface area contributed by atoms with E-state index in [2.05, 4.69) is 9.97 Å². The molecule has 1 aromatic rings. The molecule has 2 saturated carbocycles. The van der Waals surface area contributed by atoms with E-state index in [0.717, 1.165) is 11.4 Å². The average molecular weight is 299 g/mol. The third-order valence-corrected chi connectivity index (χ3v) is 5.18. The molecule has 0 N–H and O–H groups in total. The fourth-order valence-electron chi connectivity index (χ4n) is 3.53. The van der Waals surface area contributed by atoms with Crippen LogP contribution in [0.3, 0.4) is 0 Å². The highest BCUT2D eigenvalue weighted by Crippen LogP contribution is 2.41. The van der Waals surface area contributed by atoms with Gasteiger partial charge in [-0.3, -0.25) is 0 Å². The summed E-state index contributed by atoms with van der Waals surface area (Å²) in [6.07, 6.45) is 11.1. The van der Waals surface area contributed by atoms with E-state index in [1.54, 1.807) is 0 Å². The maximum Gasteiger partial charge on any atom is 0.137 e. The molecule has 19 heavy (non-hydrogen) atoms. The van der Waals surface area contributed by atoms with Crippen LogP contribution >= 0.6 is 23.2 Å². The Morgan fingerprint density at radius 3 is 1.74 bits per heavy atom. The predicted molar refractivity (Wildman–Crippen MR) is 79.1 cm³/mol. The van der Waals surface area contributed by atoms with Crippen LogP contribution in [0.5, 0.6) is 0 Å². The molecule has 0 atom stereocenters. The van der Waals surface area contributed by atoms with Crippen molar-refractivity contribution in [3.8, 4) is 0 Å². The molecule has 1 heterocycles. The first kappa shape index (κ1) is 13.6. The van der Waals surface area contributed by atoms with Gasteiger partial charge in [-0.1, -0.05) is 55.3 Å². The fourth-order valence-corrected chi connectivity index (χ4v) is 4.24. The maximum absolute atomic E-state index is 6.40. The highest BCUT2D eigenvalue weighted by Gasteiger charge is 2.26. The minimum atomic E-state index is 0.460. The Kier molecular flexibility index (Phi) is 4.28. The number of rotatable bonds is 2. The van der Waals surface area contributed by atoms with Crippen LogP contribution in [-0.2, 0) is 0 Å². The first-order valence-corrected chi connectivity index (χ1v) is 8.24. The van der Waals surface area contributed by atoms with Crippen LogP contribution < -0.4 is 0 Å². The second kappa shape index (κ2) is 5.97. The van der Waals surface area contributed by atoms with Gasteiger partial charge >= 0.3 is 0 Å². The summed E-state index contributed by atoms with van der Waals surface area (Å²) in [6, 6.07) is 0. The lowest BCUT2D eigenvalue weighted by Crippen LogP contribution is -2.11. The third kappa shape index (κ3) is 2.90. The van der Waals surface area contributed by atoms with Crippen molar-refractivity contribution >= 4 is 23.2 Å². The van der Waals surface area contributed by atoms with E-state index in [0.29, 0.717) is 22.1 Å². The van der Waals surface area contributed by atoms with Crippen molar-refractivity contribution in [2.75, 3.05) is 0 Å². The minimum absolute atomic E-state index is 0.460. The maximum atomic E-state index is 6.40. The van der Waals surface area contributed by atoms with Gasteiger partial charge in [0.1, 0.15) is 16.1 Å². The van der Waals surface area contributed by atoms with Gasteiger partial charge in [-0.25, -0.2) is 9.97 Å². The van der Waals surface area contributed by atoms with Crippen LogP contribution in [-0.4, -0.2) is 9.97 Å². The van der Waals surface area contributed by atoms with Crippen molar-refractivity contribution in [1.82, 2.24) is 9.97 Å². The predicted octanol–water partition coefficient (Wildman–Crippen LogP) is 5.49. The Morgan fingerprint density at radius 1 is 0.684 bits per heavy atom. The topological polar surface area (TPSA) is 25.8 Å². The van der Waals surface area contributed by atoms with Gasteiger partial charge in [0, 0.05) is 11.5 Å². The zero-order valence-electron chi connectivity index (χ0n) is 11.2. The molecule has 2 aliphatic rings. The van der Waals surface area contributed by atoms with E-state index >= 15 is 0 Å². The molecule has 3 rings (SSSR count). The van der Waals surface area contributed by atoms with E-state index in [1.807, 2.05) is 0 Å². The van der Waals surface area contributed by atoms with Crippen molar-refractivity contribution in [1.29, 1.82) is 0 Å². The van der Waals surface area contributed by atoms with Crippen LogP contribution in [0.4, 0.5) is 0 Å². The van der Waals surface area contributed by atoms with Gasteiger partial charge in [0.25, 0.3) is 0 Å². The number of nitrogens with zero attached hydrogens (tertiary/aromatic N) is 2. The van der Waals surface area contributed by atoms with Crippen LogP contribution in [0.2, 0.25) is 10.3 Å². The Labute approximate surface area is 124 Å². The van der Waals surface area contributed by atoms with Gasteiger partial charge in [-0.2, -0.15) is 0 Å². The Morgan fingerprint density at radius 2 is 1.16 bits per heavy atom. The quantitative estimate of drug-likeness (QED) is 0.675. The monoisotopic (exact) mass is 298 g/mol. The van der Waals surface area contributed by atoms with E-state index in [4.69, 9.17) is 23.2 Å². The number of hydrogen-bond donors (Lipinski definition) is 0. The fraction of sp³-hybridized carbons (Fsp3) is 0.733. The molecule has 0 aliphatic heterocycles. The molecule has 2 nitrogen and oxygen atoms in total. The van der Waals surface area contributed by atoms with E-state index in [1.165, 1.54) is 57.8 Å². The van der Waals surface area contributed by atoms with Gasteiger partial charge in [-0.15, -0.1) is 0 Å². The summed E-state index contributed by atoms with van der Waals surface area (Å²) < 4.78 is 0. The van der Waals surface area contributed by atoms with Crippen molar-refractivity contribution in [2.24, 2.45) is 0 Å². The van der Waals surface area contributed by atoms with Crippen LogP contribution in [0.15, 0.2) is 0 Å². The average Bonchev–Trinajstić information content (AvgIpc) is 2.93. The lowest BCUT2D eigenvalue weighted by molar-refractivity contribution is 0.428. The number of halogens is 2. The molecule has 0 spiro atoms. The molecule has 0 unspecified atom stereocenters. The zero-order valence-corrected chi connectivity index (χ0v) is 12.7. The van der Waals surface area contributed by atoms with Gasteiger partial charge in [0.2, 0.25) is 0 Å². The van der Waals surface area contributed by atoms with Crippen LogP contribution in [0.1, 0.15) is 81.0 Å². The number of aromatic nitrogens is 2. The summed E-state index contributed by atoms with van der Waals surface area (Å²) >= 11 is 12.8. The first-order valence-electron chi connectivity index (χ1n) is 7.48. The second-order valence-electron chi connectivity index (χ2n) is 5.89. The summed E-state index contributed by atoms with van der Waals surface area (Å²) in [5.74, 6) is 1.80. The summed E-state index contributed by atoms with van der Waals surface area (Å²) in [5.41, 5.74) is 1.00. The minimum Gasteiger partial charge on any atom is -0.221 e. The zero-order chi connectivity index (χ0) is 13.2. The van der Waals surface area contributed by atoms with Crippen LogP contribution in [0.25, 0.3) is 0 Å². The summed E-state index contributed by atoms with van der Waals surface area (Å²) in [6.45, 7) is 0. The SMILES string of the molecule is Clc1nc(C2CCCCC2)nc(Cl)c1C1CCCC1. The van der Waals surface area contributed by atoms with Gasteiger partial charge in [0.05, 0.1) is 0 Å². The Hall–Kier alpha value is -0.340. The lowest BCUT2D eigenvalue weighted by Gasteiger charge is -2.22. The van der Waals surface area contributed by atoms with Crippen molar-refractivity contribution in [3.63, 3.8) is 0 Å². The van der Waals surface area contributed by atoms with Crippen molar-refractivity contribution in [3.05, 3.63) is 21.7 Å². The van der Waals surface area contributed by atoms with Crippen LogP contribution in [0, 0.1) is 0 Å². The van der Waals surface area contributed by atoms with Gasteiger partial charge in [0.15, 0.2) is 0 Å². The summed E-state index contributed by atoms with van der Waals surface area (Å²) in [5, 5.41) is 1.21. The van der Waals surface area contributed by atoms with Crippen molar-refractivity contribution in [2.45, 2.75) is 69.6 Å². The molecule has 0 aromatic carbocycles. The molecule has 104 valence electrons. The largest absolute Gasteiger partial charge is 0.221 e. The first-order chi connectivity index (χ1) is 9.25. The van der Waals surface area contributed by atoms with Gasteiger partial charge in [-0.05, 0) is 31.6 Å². The Bertz CT molecular complexity index is 426. The molecule has 2 fully saturated rings. The molecule has 2 aliphatic carbocycles. The molecule has 0 amide bonds. The molecule has 1 aromatic heterocycles. The van der Waals surface area contributed by atoms with E-state index in [-0.39, 0.29) is 0 Å². The third-order valence-electron chi connectivity index (χ3n) is 4.60. The molecule has 0 radical (unpaired) electrons. The number of hydrogen-bond acceptors (Lipinski definition) is 2. The van der Waals surface area contributed by atoms with E-state index in [9.17, 15) is 0 Å². The smallest absolute Gasteiger partial charge is 0.137 e. The molecular formula is C15H20Cl2N2. The molecule has 0 bridgehead atoms. The summed E-state index contributed by atoms with van der Waals surface area (Å²) in [4.78, 5) is 9.14.